The molecule has 0 radical (unpaired) electrons. The van der Waals surface area contributed by atoms with Crippen molar-refractivity contribution in [3.05, 3.63) is 64.2 Å². The summed E-state index contributed by atoms with van der Waals surface area (Å²) in [5, 5.41) is -0.126. The Kier molecular flexibility index (Phi) is 4.91. The van der Waals surface area contributed by atoms with Crippen molar-refractivity contribution in [1.82, 2.24) is 0 Å². The van der Waals surface area contributed by atoms with E-state index in [4.69, 9.17) is 16.3 Å². The Hall–Kier alpha value is -1.94. The molecule has 2 rings (SSSR count). The minimum Gasteiger partial charge on any atom is -0.494 e. The van der Waals surface area contributed by atoms with Crippen LogP contribution in [0.3, 0.4) is 0 Å². The van der Waals surface area contributed by atoms with E-state index in [0.717, 1.165) is 18.6 Å². The minimum atomic E-state index is -1.11. The van der Waals surface area contributed by atoms with Crippen molar-refractivity contribution in [2.24, 2.45) is 0 Å². The van der Waals surface area contributed by atoms with Crippen LogP contribution in [-0.2, 0) is 0 Å². The van der Waals surface area contributed by atoms with E-state index in [1.165, 1.54) is 0 Å². The van der Waals surface area contributed by atoms with Crippen LogP contribution in [0, 0.1) is 11.6 Å². The van der Waals surface area contributed by atoms with Gasteiger partial charge in [0.05, 0.1) is 11.6 Å². The van der Waals surface area contributed by atoms with Crippen LogP contribution in [0.2, 0.25) is 5.02 Å². The van der Waals surface area contributed by atoms with E-state index in [0.29, 0.717) is 17.9 Å². The highest BCUT2D eigenvalue weighted by atomic mass is 35.5. The Morgan fingerprint density at radius 1 is 1.19 bits per heavy atom. The summed E-state index contributed by atoms with van der Waals surface area (Å²) < 4.78 is 31.7. The van der Waals surface area contributed by atoms with Crippen molar-refractivity contribution in [3.8, 4) is 5.75 Å². The van der Waals surface area contributed by atoms with Crippen molar-refractivity contribution in [1.29, 1.82) is 0 Å². The predicted octanol–water partition coefficient (Wildman–Crippen LogP) is 4.64. The van der Waals surface area contributed by atoms with Gasteiger partial charge in [0.1, 0.15) is 5.75 Å². The second-order valence-corrected chi connectivity index (χ2v) is 4.86. The van der Waals surface area contributed by atoms with Gasteiger partial charge in [-0.05, 0) is 30.7 Å². The van der Waals surface area contributed by atoms with E-state index in [9.17, 15) is 13.6 Å². The number of ketones is 1. The molecule has 21 heavy (non-hydrogen) atoms. The fraction of sp³-hybridized carbons (Fsp3) is 0.188. The maximum absolute atomic E-state index is 13.3. The maximum Gasteiger partial charge on any atom is 0.194 e. The molecule has 0 heterocycles. The summed E-state index contributed by atoms with van der Waals surface area (Å²) >= 11 is 5.81. The molecule has 0 aliphatic rings. The third kappa shape index (κ3) is 3.58. The lowest BCUT2D eigenvalue weighted by Crippen LogP contribution is -2.05. The van der Waals surface area contributed by atoms with Gasteiger partial charge in [-0.15, -0.1) is 0 Å². The van der Waals surface area contributed by atoms with E-state index < -0.39 is 17.4 Å². The maximum atomic E-state index is 13.3. The Morgan fingerprint density at radius 2 is 1.90 bits per heavy atom. The van der Waals surface area contributed by atoms with Gasteiger partial charge in [-0.1, -0.05) is 30.7 Å². The standard InChI is InChI=1S/C16H13ClF2O2/c1-2-6-21-11-5-3-4-10(7-11)16(20)12-8-14(18)15(19)9-13(12)17/h3-5,7-9H,2,6H2,1H3. The molecule has 2 aromatic carbocycles. The molecule has 0 bridgehead atoms. The average molecular weight is 311 g/mol. The molecule has 110 valence electrons. The van der Waals surface area contributed by atoms with Gasteiger partial charge in [-0.25, -0.2) is 8.78 Å². The van der Waals surface area contributed by atoms with Crippen molar-refractivity contribution in [2.75, 3.05) is 6.61 Å². The molecule has 2 aromatic rings. The van der Waals surface area contributed by atoms with Crippen LogP contribution in [0.4, 0.5) is 8.78 Å². The molecule has 0 amide bonds. The summed E-state index contributed by atoms with van der Waals surface area (Å²) in [6.45, 7) is 2.50. The number of halogens is 3. The first-order valence-corrected chi connectivity index (χ1v) is 6.83. The lowest BCUT2D eigenvalue weighted by atomic mass is 10.0. The molecule has 0 aliphatic heterocycles. The van der Waals surface area contributed by atoms with Crippen LogP contribution in [0.5, 0.6) is 5.75 Å². The molecule has 5 heteroatoms. The first-order valence-electron chi connectivity index (χ1n) is 6.45. The zero-order valence-electron chi connectivity index (χ0n) is 11.3. The smallest absolute Gasteiger partial charge is 0.194 e. The molecule has 0 spiro atoms. The van der Waals surface area contributed by atoms with Crippen LogP contribution in [0.1, 0.15) is 29.3 Å². The van der Waals surface area contributed by atoms with Gasteiger partial charge < -0.3 is 4.74 Å². The number of carbonyl (C=O) groups excluding carboxylic acids is 1. The lowest BCUT2D eigenvalue weighted by Gasteiger charge is -2.08. The van der Waals surface area contributed by atoms with Gasteiger partial charge in [0.2, 0.25) is 0 Å². The summed E-state index contributed by atoms with van der Waals surface area (Å²) in [7, 11) is 0. The molecule has 0 N–H and O–H groups in total. The van der Waals surface area contributed by atoms with E-state index in [1.54, 1.807) is 24.3 Å². The third-order valence-corrected chi connectivity index (χ3v) is 3.14. The molecule has 0 aromatic heterocycles. The molecular formula is C16H13ClF2O2. The van der Waals surface area contributed by atoms with Crippen LogP contribution < -0.4 is 4.74 Å². The van der Waals surface area contributed by atoms with E-state index >= 15 is 0 Å². The topological polar surface area (TPSA) is 26.3 Å². The Morgan fingerprint density at radius 3 is 2.62 bits per heavy atom. The highest BCUT2D eigenvalue weighted by Gasteiger charge is 2.17. The fourth-order valence-electron chi connectivity index (χ4n) is 1.80. The van der Waals surface area contributed by atoms with Crippen LogP contribution >= 0.6 is 11.6 Å². The summed E-state index contributed by atoms with van der Waals surface area (Å²) in [6.07, 6.45) is 0.840. The van der Waals surface area contributed by atoms with Crippen molar-refractivity contribution in [2.45, 2.75) is 13.3 Å². The first kappa shape index (κ1) is 15.4. The van der Waals surface area contributed by atoms with Gasteiger partial charge in [0.15, 0.2) is 17.4 Å². The fourth-order valence-corrected chi connectivity index (χ4v) is 2.04. The second-order valence-electron chi connectivity index (χ2n) is 4.45. The van der Waals surface area contributed by atoms with Crippen molar-refractivity contribution in [3.63, 3.8) is 0 Å². The molecule has 0 unspecified atom stereocenters. The lowest BCUT2D eigenvalue weighted by molar-refractivity contribution is 0.103. The largest absolute Gasteiger partial charge is 0.494 e. The summed E-state index contributed by atoms with van der Waals surface area (Å²) in [5.74, 6) is -2.14. The van der Waals surface area contributed by atoms with Gasteiger partial charge in [0, 0.05) is 11.1 Å². The quantitative estimate of drug-likeness (QED) is 0.594. The third-order valence-electron chi connectivity index (χ3n) is 2.82. The van der Waals surface area contributed by atoms with E-state index in [1.807, 2.05) is 6.92 Å². The molecule has 0 fully saturated rings. The van der Waals surface area contributed by atoms with Crippen LogP contribution in [0.15, 0.2) is 36.4 Å². The number of carbonyl (C=O) groups is 1. The number of rotatable bonds is 5. The molecule has 0 atom stereocenters. The van der Waals surface area contributed by atoms with E-state index in [2.05, 4.69) is 0 Å². The highest BCUT2D eigenvalue weighted by molar-refractivity contribution is 6.35. The monoisotopic (exact) mass is 310 g/mol. The SMILES string of the molecule is CCCOc1cccc(C(=O)c2cc(F)c(F)cc2Cl)c1. The van der Waals surface area contributed by atoms with Gasteiger partial charge in [0.25, 0.3) is 0 Å². The normalized spacial score (nSPS) is 10.5. The van der Waals surface area contributed by atoms with Crippen LogP contribution in [-0.4, -0.2) is 12.4 Å². The highest BCUT2D eigenvalue weighted by Crippen LogP contribution is 2.24. The summed E-state index contributed by atoms with van der Waals surface area (Å²) in [6, 6.07) is 8.10. The minimum absolute atomic E-state index is 0.0804. The van der Waals surface area contributed by atoms with Gasteiger partial charge in [-0.2, -0.15) is 0 Å². The number of ether oxygens (including phenoxy) is 1. The number of benzene rings is 2. The molecular weight excluding hydrogens is 298 g/mol. The Balaban J connectivity index is 2.34. The number of hydrogen-bond donors (Lipinski definition) is 0. The van der Waals surface area contributed by atoms with Gasteiger partial charge in [-0.3, -0.25) is 4.79 Å². The summed E-state index contributed by atoms with van der Waals surface area (Å²) in [4.78, 5) is 12.3. The second kappa shape index (κ2) is 6.68. The van der Waals surface area contributed by atoms with Crippen LogP contribution in [0.25, 0.3) is 0 Å². The zero-order chi connectivity index (χ0) is 15.4. The van der Waals surface area contributed by atoms with Crippen molar-refractivity contribution >= 4 is 17.4 Å². The Labute approximate surface area is 126 Å². The molecule has 0 aliphatic carbocycles. The summed E-state index contributed by atoms with van der Waals surface area (Å²) in [5.41, 5.74) is 0.222. The molecule has 2 nitrogen and oxygen atoms in total. The Bertz CT molecular complexity index is 671. The predicted molar refractivity (Wildman–Crippen MR) is 77.0 cm³/mol. The first-order chi connectivity index (χ1) is 10.0. The van der Waals surface area contributed by atoms with Crippen molar-refractivity contribution < 1.29 is 18.3 Å². The molecule has 0 saturated carbocycles. The zero-order valence-corrected chi connectivity index (χ0v) is 12.1. The van der Waals surface area contributed by atoms with Gasteiger partial charge >= 0.3 is 0 Å². The van der Waals surface area contributed by atoms with E-state index in [-0.39, 0.29) is 10.6 Å². The molecule has 0 saturated heterocycles. The number of hydrogen-bond acceptors (Lipinski definition) is 2. The average Bonchev–Trinajstić information content (AvgIpc) is 2.48.